The number of hydrogen-bond acceptors (Lipinski definition) is 10. The molecule has 1 fully saturated rings. The lowest BCUT2D eigenvalue weighted by Gasteiger charge is -2.23. The number of Topliss-reactive ketones (excluding diaryl/α,β-unsaturated/α-hetero) is 1. The Balaban J connectivity index is 1.39. The van der Waals surface area contributed by atoms with Gasteiger partial charge in [-0.05, 0) is 53.8 Å². The number of ether oxygens (including phenoxy) is 3. The van der Waals surface area contributed by atoms with Crippen LogP contribution in [-0.4, -0.2) is 46.8 Å². The van der Waals surface area contributed by atoms with E-state index < -0.39 is 17.7 Å². The van der Waals surface area contributed by atoms with Crippen molar-refractivity contribution in [3.8, 4) is 17.2 Å². The van der Waals surface area contributed by atoms with Crippen LogP contribution in [-0.2, 0) is 15.3 Å². The van der Waals surface area contributed by atoms with Gasteiger partial charge in [-0.3, -0.25) is 14.5 Å². The van der Waals surface area contributed by atoms with E-state index >= 15 is 0 Å². The van der Waals surface area contributed by atoms with Crippen molar-refractivity contribution in [2.45, 2.75) is 36.4 Å². The number of nitrogens with zero attached hydrogens (tertiary/aromatic N) is 3. The fourth-order valence-electron chi connectivity index (χ4n) is 4.96. The zero-order valence-electron chi connectivity index (χ0n) is 24.3. The van der Waals surface area contributed by atoms with Crippen molar-refractivity contribution >= 4 is 45.7 Å². The van der Waals surface area contributed by atoms with Gasteiger partial charge in [0.1, 0.15) is 24.7 Å². The standard InChI is InChI=1S/C33H31N3O6S2/c1-20(2)13-14-40-24-10-6-9-22(17-24)28-27(29(37)23-11-12-25-26(18-23)42-16-15-41-25)30(38)31(39)36(28)32-34-35-33(44-32)43-19-21-7-4-3-5-8-21/h3-12,17-18,20,28,37H,13-16,19H2,1-2H3. The number of anilines is 1. The SMILES string of the molecule is CC(C)CCOc1cccc(C2C(=C(O)c3ccc4c(c3)OCCO4)C(=O)C(=O)N2c2nnc(SCc3ccccc3)s2)c1. The van der Waals surface area contributed by atoms with Gasteiger partial charge in [-0.25, -0.2) is 0 Å². The molecule has 4 aromatic rings. The molecule has 1 saturated heterocycles. The summed E-state index contributed by atoms with van der Waals surface area (Å²) in [5.74, 6) is 0.825. The second-order valence-electron chi connectivity index (χ2n) is 10.8. The van der Waals surface area contributed by atoms with Crippen molar-refractivity contribution < 1.29 is 28.9 Å². The second-order valence-corrected chi connectivity index (χ2v) is 12.9. The Morgan fingerprint density at radius 2 is 1.82 bits per heavy atom. The van der Waals surface area contributed by atoms with Crippen LogP contribution in [0, 0.1) is 5.92 Å². The van der Waals surface area contributed by atoms with E-state index in [1.807, 2.05) is 48.5 Å². The molecule has 6 rings (SSSR count). The molecule has 3 heterocycles. The number of carbonyl (C=O) groups excluding carboxylic acids is 2. The molecule has 1 unspecified atom stereocenters. The maximum atomic E-state index is 13.7. The van der Waals surface area contributed by atoms with Crippen molar-refractivity contribution in [3.63, 3.8) is 0 Å². The summed E-state index contributed by atoms with van der Waals surface area (Å²) in [4.78, 5) is 28.7. The molecule has 0 spiro atoms. The minimum absolute atomic E-state index is 0.0558. The Morgan fingerprint density at radius 3 is 2.61 bits per heavy atom. The molecular weight excluding hydrogens is 599 g/mol. The topological polar surface area (TPSA) is 111 Å². The molecule has 3 aromatic carbocycles. The highest BCUT2D eigenvalue weighted by molar-refractivity contribution is 8.00. The first-order valence-electron chi connectivity index (χ1n) is 14.3. The number of aromatic nitrogens is 2. The zero-order chi connectivity index (χ0) is 30.6. The van der Waals surface area contributed by atoms with Crippen molar-refractivity contribution in [2.24, 2.45) is 5.92 Å². The van der Waals surface area contributed by atoms with Gasteiger partial charge in [0.2, 0.25) is 5.13 Å². The van der Waals surface area contributed by atoms with Crippen LogP contribution in [0.2, 0.25) is 0 Å². The molecule has 0 aliphatic carbocycles. The zero-order valence-corrected chi connectivity index (χ0v) is 25.9. The van der Waals surface area contributed by atoms with Gasteiger partial charge in [-0.2, -0.15) is 0 Å². The summed E-state index contributed by atoms with van der Waals surface area (Å²) < 4.78 is 18.0. The van der Waals surface area contributed by atoms with E-state index in [1.165, 1.54) is 28.0 Å². The molecule has 1 atom stereocenters. The van der Waals surface area contributed by atoms with Gasteiger partial charge in [-0.1, -0.05) is 79.4 Å². The van der Waals surface area contributed by atoms with E-state index in [9.17, 15) is 14.7 Å². The Bertz CT molecular complexity index is 1700. The molecule has 2 aliphatic rings. The number of amides is 1. The van der Waals surface area contributed by atoms with Crippen LogP contribution in [0.3, 0.4) is 0 Å². The predicted molar refractivity (Wildman–Crippen MR) is 170 cm³/mol. The maximum absolute atomic E-state index is 13.7. The smallest absolute Gasteiger partial charge is 0.301 e. The van der Waals surface area contributed by atoms with E-state index in [0.29, 0.717) is 64.2 Å². The minimum atomic E-state index is -0.961. The molecule has 2 aliphatic heterocycles. The van der Waals surface area contributed by atoms with Gasteiger partial charge >= 0.3 is 5.91 Å². The van der Waals surface area contributed by atoms with Crippen molar-refractivity contribution in [2.75, 3.05) is 24.7 Å². The molecule has 1 aromatic heterocycles. The number of thioether (sulfide) groups is 1. The lowest BCUT2D eigenvalue weighted by molar-refractivity contribution is -0.132. The molecule has 11 heteroatoms. The monoisotopic (exact) mass is 629 g/mol. The second kappa shape index (κ2) is 13.1. The minimum Gasteiger partial charge on any atom is -0.507 e. The van der Waals surface area contributed by atoms with Crippen LogP contribution in [0.5, 0.6) is 17.2 Å². The van der Waals surface area contributed by atoms with Crippen molar-refractivity contribution in [1.29, 1.82) is 0 Å². The highest BCUT2D eigenvalue weighted by Gasteiger charge is 2.48. The van der Waals surface area contributed by atoms with Crippen molar-refractivity contribution in [3.05, 3.63) is 95.1 Å². The van der Waals surface area contributed by atoms with E-state index in [-0.39, 0.29) is 16.5 Å². The Morgan fingerprint density at radius 1 is 1.02 bits per heavy atom. The molecule has 9 nitrogen and oxygen atoms in total. The average molecular weight is 630 g/mol. The van der Waals surface area contributed by atoms with Gasteiger partial charge in [0.15, 0.2) is 15.8 Å². The number of fused-ring (bicyclic) bond motifs is 1. The average Bonchev–Trinajstić information content (AvgIpc) is 3.61. The summed E-state index contributed by atoms with van der Waals surface area (Å²) in [7, 11) is 0. The van der Waals surface area contributed by atoms with Gasteiger partial charge in [0.05, 0.1) is 18.2 Å². The molecular formula is C33H31N3O6S2. The lowest BCUT2D eigenvalue weighted by atomic mass is 9.95. The number of ketones is 1. The number of carbonyl (C=O) groups is 2. The summed E-state index contributed by atoms with van der Waals surface area (Å²) in [6, 6.07) is 21.2. The number of hydrogen-bond donors (Lipinski definition) is 1. The highest BCUT2D eigenvalue weighted by Crippen LogP contribution is 2.45. The summed E-state index contributed by atoms with van der Waals surface area (Å²) in [6.45, 7) is 5.56. The van der Waals surface area contributed by atoms with Crippen LogP contribution >= 0.6 is 23.1 Å². The summed E-state index contributed by atoms with van der Waals surface area (Å²) in [5.41, 5.74) is 2.00. The van der Waals surface area contributed by atoms with Gasteiger partial charge < -0.3 is 19.3 Å². The first-order valence-corrected chi connectivity index (χ1v) is 16.1. The fourth-order valence-corrected chi connectivity index (χ4v) is 6.78. The van der Waals surface area contributed by atoms with Crippen LogP contribution < -0.4 is 19.1 Å². The molecule has 0 bridgehead atoms. The number of rotatable bonds is 10. The molecule has 44 heavy (non-hydrogen) atoms. The first-order chi connectivity index (χ1) is 21.4. The molecule has 226 valence electrons. The Labute approximate surface area is 263 Å². The van der Waals surface area contributed by atoms with Gasteiger partial charge in [0, 0.05) is 11.3 Å². The normalized spacial score (nSPS) is 17.3. The maximum Gasteiger partial charge on any atom is 0.301 e. The largest absolute Gasteiger partial charge is 0.507 e. The van der Waals surface area contributed by atoms with E-state index in [1.54, 1.807) is 24.3 Å². The third kappa shape index (κ3) is 6.29. The third-order valence-corrected chi connectivity index (χ3v) is 9.33. The van der Waals surface area contributed by atoms with Crippen LogP contribution in [0.4, 0.5) is 5.13 Å². The van der Waals surface area contributed by atoms with E-state index in [0.717, 1.165) is 12.0 Å². The molecule has 1 N–H and O–H groups in total. The third-order valence-electron chi connectivity index (χ3n) is 7.20. The van der Waals surface area contributed by atoms with Crippen LogP contribution in [0.1, 0.15) is 43.0 Å². The van der Waals surface area contributed by atoms with E-state index in [2.05, 4.69) is 24.0 Å². The first kappa shape index (κ1) is 29.7. The lowest BCUT2D eigenvalue weighted by Crippen LogP contribution is -2.29. The van der Waals surface area contributed by atoms with Crippen LogP contribution in [0.25, 0.3) is 5.76 Å². The van der Waals surface area contributed by atoms with E-state index in [4.69, 9.17) is 14.2 Å². The van der Waals surface area contributed by atoms with Crippen molar-refractivity contribution in [1.82, 2.24) is 10.2 Å². The quantitative estimate of drug-likeness (QED) is 0.0677. The fraction of sp³-hybridized carbons (Fsp3) is 0.273. The highest BCUT2D eigenvalue weighted by atomic mass is 32.2. The molecule has 1 amide bonds. The van der Waals surface area contributed by atoms with Gasteiger partial charge in [-0.15, -0.1) is 10.2 Å². The number of aliphatic hydroxyl groups is 1. The van der Waals surface area contributed by atoms with Crippen LogP contribution in [0.15, 0.2) is 82.7 Å². The van der Waals surface area contributed by atoms with Gasteiger partial charge in [0.25, 0.3) is 5.78 Å². The number of aliphatic hydroxyl groups excluding tert-OH is 1. The molecule has 0 saturated carbocycles. The summed E-state index contributed by atoms with van der Waals surface area (Å²) >= 11 is 2.72. The Hall–Kier alpha value is -4.35. The molecule has 0 radical (unpaired) electrons. The number of benzene rings is 3. The summed E-state index contributed by atoms with van der Waals surface area (Å²) in [5, 5.41) is 20.5. The summed E-state index contributed by atoms with van der Waals surface area (Å²) in [6.07, 6.45) is 0.876. The predicted octanol–water partition coefficient (Wildman–Crippen LogP) is 6.65. The Kier molecular flexibility index (Phi) is 8.85.